The molecule has 0 amide bonds. The van der Waals surface area contributed by atoms with Crippen LogP contribution in [0.4, 0.5) is 0 Å². The topological polar surface area (TPSA) is 49.3 Å². The van der Waals surface area contributed by atoms with Crippen LogP contribution < -0.4 is 10.7 Å². The van der Waals surface area contributed by atoms with Gasteiger partial charge in [0.25, 0.3) is 0 Å². The number of hydrogen-bond donors (Lipinski definition) is 2. The summed E-state index contributed by atoms with van der Waals surface area (Å²) in [6.45, 7) is 4.24. The van der Waals surface area contributed by atoms with Gasteiger partial charge in [0, 0.05) is 24.0 Å². The lowest BCUT2D eigenvalue weighted by Gasteiger charge is -2.30. The fraction of sp³-hybridized carbons (Fsp3) is 0.533. The molecule has 5 heteroatoms. The zero-order chi connectivity index (χ0) is 14.4. The lowest BCUT2D eigenvalue weighted by atomic mass is 9.86. The zero-order valence-electron chi connectivity index (χ0n) is 12.1. The zero-order valence-corrected chi connectivity index (χ0v) is 12.9. The van der Waals surface area contributed by atoms with Crippen LogP contribution in [0.5, 0.6) is 0 Å². The van der Waals surface area contributed by atoms with E-state index in [1.807, 2.05) is 19.1 Å². The molecule has 4 nitrogen and oxygen atoms in total. The standard InChI is InChI=1S/C15H22N4S/c1-11-5-3-4-6-14(11)17-15(20)19-18-12(2)13-7-9-16-10-8-13/h7-11,14H,3-6H2,1-2H3,(H2,17,19,20)/b18-12-/t11-,14-/m1/s1. The molecule has 0 aromatic carbocycles. The molecule has 1 aromatic rings. The molecule has 0 saturated heterocycles. The van der Waals surface area contributed by atoms with Gasteiger partial charge in [-0.25, -0.2) is 0 Å². The Balaban J connectivity index is 1.85. The normalized spacial score (nSPS) is 23.2. The predicted molar refractivity (Wildman–Crippen MR) is 86.7 cm³/mol. The fourth-order valence-electron chi connectivity index (χ4n) is 2.52. The first kappa shape index (κ1) is 14.9. The number of nitrogens with zero attached hydrogens (tertiary/aromatic N) is 2. The molecule has 0 unspecified atom stereocenters. The molecule has 1 saturated carbocycles. The SMILES string of the molecule is C/C(=N/NC(=S)N[C@@H]1CCCC[C@H]1C)c1ccncc1. The molecule has 2 N–H and O–H groups in total. The Labute approximate surface area is 126 Å². The van der Waals surface area contributed by atoms with E-state index in [1.165, 1.54) is 25.7 Å². The number of hydrogen-bond acceptors (Lipinski definition) is 3. The van der Waals surface area contributed by atoms with E-state index in [4.69, 9.17) is 12.2 Å². The van der Waals surface area contributed by atoms with Crippen molar-refractivity contribution in [3.63, 3.8) is 0 Å². The summed E-state index contributed by atoms with van der Waals surface area (Å²) in [5.41, 5.74) is 4.88. The second-order valence-corrected chi connectivity index (χ2v) is 5.79. The molecule has 1 aliphatic rings. The quantitative estimate of drug-likeness (QED) is 0.510. The van der Waals surface area contributed by atoms with Gasteiger partial charge in [0.1, 0.15) is 0 Å². The highest BCUT2D eigenvalue weighted by Crippen LogP contribution is 2.23. The molecule has 1 aliphatic carbocycles. The van der Waals surface area contributed by atoms with Gasteiger partial charge in [-0.15, -0.1) is 0 Å². The molecule has 1 aromatic heterocycles. The molecular weight excluding hydrogens is 268 g/mol. The molecule has 0 bridgehead atoms. The first-order valence-electron chi connectivity index (χ1n) is 7.18. The van der Waals surface area contributed by atoms with Gasteiger partial charge in [0.05, 0.1) is 5.71 Å². The van der Waals surface area contributed by atoms with Crippen molar-refractivity contribution in [2.45, 2.75) is 45.6 Å². The Kier molecular flexibility index (Phi) is 5.47. The highest BCUT2D eigenvalue weighted by molar-refractivity contribution is 7.80. The van der Waals surface area contributed by atoms with Gasteiger partial charge in [-0.2, -0.15) is 5.10 Å². The molecule has 2 atom stereocenters. The summed E-state index contributed by atoms with van der Waals surface area (Å²) in [5, 5.41) is 8.30. The van der Waals surface area contributed by atoms with Crippen LogP contribution in [0.2, 0.25) is 0 Å². The average Bonchev–Trinajstić information content (AvgIpc) is 2.48. The van der Waals surface area contributed by atoms with Crippen LogP contribution >= 0.6 is 12.2 Å². The van der Waals surface area contributed by atoms with Crippen molar-refractivity contribution in [2.24, 2.45) is 11.0 Å². The monoisotopic (exact) mass is 290 g/mol. The highest BCUT2D eigenvalue weighted by Gasteiger charge is 2.21. The minimum Gasteiger partial charge on any atom is -0.358 e. The van der Waals surface area contributed by atoms with Gasteiger partial charge in [-0.05, 0) is 50.0 Å². The minimum absolute atomic E-state index is 0.472. The van der Waals surface area contributed by atoms with Crippen molar-refractivity contribution in [3.8, 4) is 0 Å². The molecular formula is C15H22N4S. The Bertz CT molecular complexity index is 472. The number of pyridine rings is 1. The third-order valence-electron chi connectivity index (χ3n) is 3.85. The van der Waals surface area contributed by atoms with Crippen LogP contribution in [0.15, 0.2) is 29.6 Å². The molecule has 0 spiro atoms. The first-order valence-corrected chi connectivity index (χ1v) is 7.59. The maximum Gasteiger partial charge on any atom is 0.187 e. The summed E-state index contributed by atoms with van der Waals surface area (Å²) in [4.78, 5) is 4.00. The number of nitrogens with one attached hydrogen (secondary N) is 2. The van der Waals surface area contributed by atoms with E-state index < -0.39 is 0 Å². The third-order valence-corrected chi connectivity index (χ3v) is 4.06. The van der Waals surface area contributed by atoms with E-state index in [-0.39, 0.29) is 0 Å². The molecule has 108 valence electrons. The largest absolute Gasteiger partial charge is 0.358 e. The molecule has 2 rings (SSSR count). The van der Waals surface area contributed by atoms with E-state index in [2.05, 4.69) is 27.8 Å². The van der Waals surface area contributed by atoms with Crippen molar-refractivity contribution >= 4 is 23.0 Å². The van der Waals surface area contributed by atoms with Crippen molar-refractivity contribution in [3.05, 3.63) is 30.1 Å². The lowest BCUT2D eigenvalue weighted by molar-refractivity contribution is 0.308. The van der Waals surface area contributed by atoms with Crippen LogP contribution in [0, 0.1) is 5.92 Å². The van der Waals surface area contributed by atoms with Crippen molar-refractivity contribution in [1.29, 1.82) is 0 Å². The van der Waals surface area contributed by atoms with E-state index in [1.54, 1.807) is 12.4 Å². The fourth-order valence-corrected chi connectivity index (χ4v) is 2.72. The summed E-state index contributed by atoms with van der Waals surface area (Å²) in [6.07, 6.45) is 8.60. The first-order chi connectivity index (χ1) is 9.66. The van der Waals surface area contributed by atoms with Gasteiger partial charge in [-0.3, -0.25) is 10.4 Å². The summed E-state index contributed by atoms with van der Waals surface area (Å²) in [5.74, 6) is 0.675. The lowest BCUT2D eigenvalue weighted by Crippen LogP contribution is -2.44. The van der Waals surface area contributed by atoms with Crippen molar-refractivity contribution in [2.75, 3.05) is 0 Å². The maximum absolute atomic E-state index is 5.31. The van der Waals surface area contributed by atoms with Crippen LogP contribution in [-0.4, -0.2) is 21.8 Å². The predicted octanol–water partition coefficient (Wildman–Crippen LogP) is 2.85. The molecule has 1 heterocycles. The van der Waals surface area contributed by atoms with Crippen molar-refractivity contribution in [1.82, 2.24) is 15.7 Å². The second-order valence-electron chi connectivity index (χ2n) is 5.39. The van der Waals surface area contributed by atoms with E-state index >= 15 is 0 Å². The molecule has 0 radical (unpaired) electrons. The summed E-state index contributed by atoms with van der Waals surface area (Å²) in [6, 6.07) is 4.33. The van der Waals surface area contributed by atoms with E-state index in [0.717, 1.165) is 11.3 Å². The number of hydrazone groups is 1. The van der Waals surface area contributed by atoms with Gasteiger partial charge >= 0.3 is 0 Å². The molecule has 20 heavy (non-hydrogen) atoms. The Morgan fingerprint density at radius 3 is 2.70 bits per heavy atom. The van der Waals surface area contributed by atoms with Crippen LogP contribution in [-0.2, 0) is 0 Å². The number of rotatable bonds is 3. The summed E-state index contributed by atoms with van der Waals surface area (Å²) in [7, 11) is 0. The summed E-state index contributed by atoms with van der Waals surface area (Å²) < 4.78 is 0. The molecule has 0 aliphatic heterocycles. The highest BCUT2D eigenvalue weighted by atomic mass is 32.1. The maximum atomic E-state index is 5.31. The minimum atomic E-state index is 0.472. The molecule has 1 fully saturated rings. The second kappa shape index (κ2) is 7.33. The van der Waals surface area contributed by atoms with Gasteiger partial charge in [0.2, 0.25) is 0 Å². The van der Waals surface area contributed by atoms with E-state index in [0.29, 0.717) is 17.1 Å². The summed E-state index contributed by atoms with van der Waals surface area (Å²) >= 11 is 5.31. The van der Waals surface area contributed by atoms with E-state index in [9.17, 15) is 0 Å². The Morgan fingerprint density at radius 1 is 1.30 bits per heavy atom. The Morgan fingerprint density at radius 2 is 2.00 bits per heavy atom. The van der Waals surface area contributed by atoms with Crippen LogP contribution in [0.3, 0.4) is 0 Å². The van der Waals surface area contributed by atoms with Gasteiger partial charge < -0.3 is 5.32 Å². The van der Waals surface area contributed by atoms with Gasteiger partial charge in [0.15, 0.2) is 5.11 Å². The third kappa shape index (κ3) is 4.27. The number of thiocarbonyl (C=S) groups is 1. The Hall–Kier alpha value is -1.49. The van der Waals surface area contributed by atoms with Crippen LogP contribution in [0.25, 0.3) is 0 Å². The average molecular weight is 290 g/mol. The van der Waals surface area contributed by atoms with Crippen LogP contribution in [0.1, 0.15) is 45.1 Å². The number of aromatic nitrogens is 1. The van der Waals surface area contributed by atoms with Crippen molar-refractivity contribution < 1.29 is 0 Å². The smallest absolute Gasteiger partial charge is 0.187 e. The van der Waals surface area contributed by atoms with Gasteiger partial charge in [-0.1, -0.05) is 19.8 Å².